The molecule has 0 aliphatic rings. The Morgan fingerprint density at radius 3 is 1.46 bits per heavy atom. The Morgan fingerprint density at radius 1 is 0.643 bits per heavy atom. The third-order valence-corrected chi connectivity index (χ3v) is 19.4. The zero-order chi connectivity index (χ0) is 22.9. The highest BCUT2D eigenvalue weighted by atomic mass is 28.5. The molecule has 0 spiro atoms. The van der Waals surface area contributed by atoms with Gasteiger partial charge in [0.2, 0.25) is 0 Å². The summed E-state index contributed by atoms with van der Waals surface area (Å²) >= 11 is 0. The van der Waals surface area contributed by atoms with Crippen LogP contribution in [0, 0.1) is 0 Å². The first-order valence-corrected chi connectivity index (χ1v) is 24.0. The maximum atomic E-state index is 6.56. The molecule has 2 unspecified atom stereocenters. The van der Waals surface area contributed by atoms with Gasteiger partial charge in [-0.25, -0.2) is 0 Å². The quantitative estimate of drug-likeness (QED) is 0.280. The van der Waals surface area contributed by atoms with Gasteiger partial charge in [0.25, 0.3) is 15.0 Å². The van der Waals surface area contributed by atoms with Crippen molar-refractivity contribution in [2.75, 3.05) is 6.23 Å². The Kier molecular flexibility index (Phi) is 13.8. The minimum atomic E-state index is -2.90. The molecule has 0 amide bonds. The minimum absolute atomic E-state index is 0.375. The van der Waals surface area contributed by atoms with E-state index in [4.69, 9.17) is 25.5 Å². The van der Waals surface area contributed by atoms with Crippen molar-refractivity contribution in [2.45, 2.75) is 79.1 Å². The lowest BCUT2D eigenvalue weighted by Crippen LogP contribution is -2.63. The highest BCUT2D eigenvalue weighted by molar-refractivity contribution is 6.90. The van der Waals surface area contributed by atoms with Crippen LogP contribution in [0.15, 0.2) is 13.2 Å². The number of hydrogen-bond acceptors (Lipinski definition) is 6. The SMILES string of the molecule is C=C.C[B]OC[Si](C)(O[Si](C)(C)O[Si](C)(C)C)O[Si](C)(O[B]C)O[Si](C)(C)C. The van der Waals surface area contributed by atoms with Crippen molar-refractivity contribution < 1.29 is 25.5 Å². The zero-order valence-electron chi connectivity index (χ0n) is 20.2. The summed E-state index contributed by atoms with van der Waals surface area (Å²) in [7, 11) is -8.33. The maximum Gasteiger partial charge on any atom is 0.463 e. The van der Waals surface area contributed by atoms with Crippen LogP contribution in [0.5, 0.6) is 0 Å². The highest BCUT2D eigenvalue weighted by Crippen LogP contribution is 2.26. The fourth-order valence-corrected chi connectivity index (χ4v) is 23.8. The first-order chi connectivity index (χ1) is 12.4. The molecule has 164 valence electrons. The summed E-state index contributed by atoms with van der Waals surface area (Å²) < 4.78 is 37.3. The molecule has 0 heterocycles. The molecule has 0 fully saturated rings. The Morgan fingerprint density at radius 2 is 1.11 bits per heavy atom. The van der Waals surface area contributed by atoms with Crippen LogP contribution in [0.4, 0.5) is 0 Å². The van der Waals surface area contributed by atoms with Gasteiger partial charge in [-0.2, -0.15) is 0 Å². The molecule has 6 nitrogen and oxygen atoms in total. The van der Waals surface area contributed by atoms with E-state index >= 15 is 0 Å². The molecule has 0 saturated heterocycles. The normalized spacial score (nSPS) is 17.0. The summed E-state index contributed by atoms with van der Waals surface area (Å²) in [5.41, 5.74) is 0. The van der Waals surface area contributed by atoms with Crippen molar-refractivity contribution in [3.05, 3.63) is 13.2 Å². The lowest BCUT2D eigenvalue weighted by atomic mass is 10.1. The summed E-state index contributed by atoms with van der Waals surface area (Å²) in [5, 5.41) is 0. The van der Waals surface area contributed by atoms with E-state index in [1.807, 2.05) is 26.7 Å². The van der Waals surface area contributed by atoms with Gasteiger partial charge in [0, 0.05) is 6.55 Å². The number of hydrogen-bond donors (Lipinski definition) is 0. The molecular weight excluding hydrogens is 438 g/mol. The Hall–Kier alpha value is 0.714. The first-order valence-electron chi connectivity index (χ1n) is 9.61. The van der Waals surface area contributed by atoms with E-state index in [1.54, 1.807) is 15.0 Å². The lowest BCUT2D eigenvalue weighted by molar-refractivity contribution is 0.210. The van der Waals surface area contributed by atoms with Crippen molar-refractivity contribution in [3.63, 3.8) is 0 Å². The van der Waals surface area contributed by atoms with E-state index in [9.17, 15) is 0 Å². The summed E-state index contributed by atoms with van der Waals surface area (Å²) in [6.45, 7) is 30.7. The molecule has 0 saturated carbocycles. The van der Waals surface area contributed by atoms with Crippen LogP contribution in [-0.4, -0.2) is 63.8 Å². The molecule has 0 rings (SSSR count). The monoisotopic (exact) mass is 480 g/mol. The van der Waals surface area contributed by atoms with E-state index in [0.717, 1.165) is 0 Å². The van der Waals surface area contributed by atoms with Gasteiger partial charge in [-0.05, 0) is 58.9 Å². The predicted molar refractivity (Wildman–Crippen MR) is 133 cm³/mol. The predicted octanol–water partition coefficient (Wildman–Crippen LogP) is 4.77. The molecule has 2 atom stereocenters. The van der Waals surface area contributed by atoms with Crippen LogP contribution >= 0.6 is 0 Å². The fourth-order valence-electron chi connectivity index (χ4n) is 2.82. The third kappa shape index (κ3) is 15.5. The topological polar surface area (TPSA) is 55.4 Å². The standard InChI is InChI=1S/C13H38B2O6Si5.C2H4/c1-14-16-13-25(11,20-24(9,10)18-22(3,4)5)21-26(12,17-15-2)19-23(6,7)8;1-2/h13H2,1-12H3;1-2H2. The number of rotatable bonds is 13. The molecule has 0 aliphatic carbocycles. The Balaban J connectivity index is 0. The molecule has 28 heavy (non-hydrogen) atoms. The minimum Gasteiger partial charge on any atom is -0.441 e. The maximum absolute atomic E-state index is 6.56. The Bertz CT molecular complexity index is 450. The van der Waals surface area contributed by atoms with Gasteiger partial charge in [-0.15, -0.1) is 13.2 Å². The molecule has 0 aromatic heterocycles. The van der Waals surface area contributed by atoms with Crippen LogP contribution in [0.2, 0.25) is 79.1 Å². The molecule has 0 bridgehead atoms. The van der Waals surface area contributed by atoms with E-state index < -0.39 is 42.6 Å². The van der Waals surface area contributed by atoms with Crippen molar-refractivity contribution >= 4 is 57.5 Å². The van der Waals surface area contributed by atoms with Gasteiger partial charge >= 0.3 is 25.9 Å². The molecule has 0 aliphatic heterocycles. The lowest BCUT2D eigenvalue weighted by Gasteiger charge is -2.43. The smallest absolute Gasteiger partial charge is 0.441 e. The summed E-state index contributed by atoms with van der Waals surface area (Å²) in [5.74, 6) is 0. The van der Waals surface area contributed by atoms with E-state index in [2.05, 4.69) is 65.5 Å². The van der Waals surface area contributed by atoms with E-state index in [1.165, 1.54) is 0 Å². The van der Waals surface area contributed by atoms with Crippen LogP contribution < -0.4 is 0 Å². The van der Waals surface area contributed by atoms with Gasteiger partial charge < -0.3 is 25.5 Å². The second-order valence-corrected chi connectivity index (χ2v) is 28.0. The van der Waals surface area contributed by atoms with Crippen molar-refractivity contribution in [2.24, 2.45) is 0 Å². The highest BCUT2D eigenvalue weighted by Gasteiger charge is 2.50. The van der Waals surface area contributed by atoms with E-state index in [0.29, 0.717) is 6.23 Å². The second kappa shape index (κ2) is 12.5. The van der Waals surface area contributed by atoms with Gasteiger partial charge in [-0.3, -0.25) is 0 Å². The second-order valence-electron chi connectivity index (χ2n) is 8.93. The van der Waals surface area contributed by atoms with Gasteiger partial charge in [0.15, 0.2) is 16.6 Å². The third-order valence-electron chi connectivity index (χ3n) is 2.75. The van der Waals surface area contributed by atoms with Gasteiger partial charge in [-0.1, -0.05) is 13.6 Å². The van der Waals surface area contributed by atoms with E-state index in [-0.39, 0.29) is 0 Å². The van der Waals surface area contributed by atoms with Crippen LogP contribution in [0.25, 0.3) is 0 Å². The molecule has 2 radical (unpaired) electrons. The average Bonchev–Trinajstić information content (AvgIpc) is 2.41. The molecular formula is C15H42B2O6Si5. The molecule has 0 N–H and O–H groups in total. The summed E-state index contributed by atoms with van der Waals surface area (Å²) in [6, 6.07) is 0. The van der Waals surface area contributed by atoms with Crippen LogP contribution in [0.3, 0.4) is 0 Å². The zero-order valence-corrected chi connectivity index (χ0v) is 25.2. The summed E-state index contributed by atoms with van der Waals surface area (Å²) in [4.78, 5) is 0. The molecule has 13 heteroatoms. The largest absolute Gasteiger partial charge is 0.463 e. The van der Waals surface area contributed by atoms with Crippen molar-refractivity contribution in [1.29, 1.82) is 0 Å². The van der Waals surface area contributed by atoms with Crippen LogP contribution in [0.1, 0.15) is 0 Å². The molecule has 0 aromatic rings. The molecule has 0 aromatic carbocycles. The van der Waals surface area contributed by atoms with Crippen molar-refractivity contribution in [1.82, 2.24) is 0 Å². The average molecular weight is 481 g/mol. The van der Waals surface area contributed by atoms with Gasteiger partial charge in [0.1, 0.15) is 0 Å². The van der Waals surface area contributed by atoms with Crippen LogP contribution in [-0.2, 0) is 25.5 Å². The Labute approximate surface area is 181 Å². The van der Waals surface area contributed by atoms with Crippen molar-refractivity contribution in [3.8, 4) is 0 Å². The summed E-state index contributed by atoms with van der Waals surface area (Å²) in [6.07, 6.45) is 0.375. The first kappa shape index (κ1) is 30.9. The fraction of sp³-hybridized carbons (Fsp3) is 0.867. The van der Waals surface area contributed by atoms with Gasteiger partial charge in [0.05, 0.1) is 6.23 Å².